The van der Waals surface area contributed by atoms with Gasteiger partial charge < -0.3 is 19.9 Å². The molecule has 23 heavy (non-hydrogen) atoms. The van der Waals surface area contributed by atoms with Crippen LogP contribution in [0.25, 0.3) is 0 Å². The minimum atomic E-state index is -1.01. The van der Waals surface area contributed by atoms with Gasteiger partial charge in [0.25, 0.3) is 0 Å². The molecule has 124 valence electrons. The van der Waals surface area contributed by atoms with Gasteiger partial charge in [-0.05, 0) is 52.8 Å². The van der Waals surface area contributed by atoms with Crippen LogP contribution in [0.5, 0.6) is 5.75 Å². The van der Waals surface area contributed by atoms with Crippen molar-refractivity contribution in [2.45, 2.75) is 58.0 Å². The molecule has 1 amide bonds. The zero-order valence-electron chi connectivity index (χ0n) is 14.0. The Labute approximate surface area is 136 Å². The Bertz CT molecular complexity index is 656. The second-order valence-electron chi connectivity index (χ2n) is 7.14. The molecule has 0 aliphatic carbocycles. The Kier molecular flexibility index (Phi) is 4.27. The third-order valence-corrected chi connectivity index (χ3v) is 3.57. The molecule has 2 rings (SSSR count). The highest BCUT2D eigenvalue weighted by Crippen LogP contribution is 2.40. The van der Waals surface area contributed by atoms with Crippen molar-refractivity contribution in [3.63, 3.8) is 0 Å². The molecule has 2 atom stereocenters. The second-order valence-corrected chi connectivity index (χ2v) is 7.14. The van der Waals surface area contributed by atoms with E-state index in [1.165, 1.54) is 0 Å². The first kappa shape index (κ1) is 17.1. The smallest absolute Gasteiger partial charge is 0.408 e. The molecule has 1 aliphatic heterocycles. The molecule has 6 heteroatoms. The first-order chi connectivity index (χ1) is 10.5. The summed E-state index contributed by atoms with van der Waals surface area (Å²) in [6, 6.07) is 6.17. The summed E-state index contributed by atoms with van der Waals surface area (Å²) in [6.07, 6.45) is -1.63. The summed E-state index contributed by atoms with van der Waals surface area (Å²) in [7, 11) is 0. The number of ether oxygens (including phenoxy) is 2. The molecule has 2 unspecified atom stereocenters. The number of aliphatic hydroxyl groups is 1. The lowest BCUT2D eigenvalue weighted by molar-refractivity contribution is -0.0331. The number of benzene rings is 1. The van der Waals surface area contributed by atoms with Crippen molar-refractivity contribution in [2.75, 3.05) is 0 Å². The van der Waals surface area contributed by atoms with Crippen LogP contribution < -0.4 is 10.1 Å². The number of alkyl carbamates (subject to hydrolysis) is 1. The molecule has 0 aromatic heterocycles. The lowest BCUT2D eigenvalue weighted by Gasteiger charge is -2.43. The minimum Gasteiger partial charge on any atom is -0.485 e. The highest BCUT2D eigenvalue weighted by molar-refractivity contribution is 5.68. The van der Waals surface area contributed by atoms with Crippen molar-refractivity contribution in [1.29, 1.82) is 5.26 Å². The van der Waals surface area contributed by atoms with Gasteiger partial charge in [-0.1, -0.05) is 0 Å². The number of rotatable bonds is 1. The standard InChI is InChI=1S/C17H22N2O4/c1-16(2,3)23-15(21)19-14-13(20)11-8-10(9-18)6-7-12(11)22-17(14,4)5/h6-8,13-14,20H,1-5H3,(H,19,21). The average Bonchev–Trinajstić information content (AvgIpc) is 2.41. The van der Waals surface area contributed by atoms with Gasteiger partial charge in [0.15, 0.2) is 0 Å². The Morgan fingerprint density at radius 1 is 1.43 bits per heavy atom. The fourth-order valence-corrected chi connectivity index (χ4v) is 2.54. The second kappa shape index (κ2) is 5.74. The fraction of sp³-hybridized carbons (Fsp3) is 0.529. The third kappa shape index (κ3) is 3.74. The van der Waals surface area contributed by atoms with Crippen molar-refractivity contribution >= 4 is 6.09 Å². The van der Waals surface area contributed by atoms with Crippen LogP contribution in [-0.4, -0.2) is 28.4 Å². The first-order valence-electron chi connectivity index (χ1n) is 7.44. The number of aliphatic hydroxyl groups excluding tert-OH is 1. The van der Waals surface area contributed by atoms with E-state index < -0.39 is 29.4 Å². The van der Waals surface area contributed by atoms with Gasteiger partial charge >= 0.3 is 6.09 Å². The molecule has 0 radical (unpaired) electrons. The molecule has 1 heterocycles. The number of nitriles is 1. The van der Waals surface area contributed by atoms with Crippen LogP contribution in [0.4, 0.5) is 4.79 Å². The van der Waals surface area contributed by atoms with E-state index in [2.05, 4.69) is 5.32 Å². The zero-order valence-corrected chi connectivity index (χ0v) is 14.0. The molecule has 0 saturated heterocycles. The summed E-state index contributed by atoms with van der Waals surface area (Å²) in [6.45, 7) is 8.85. The summed E-state index contributed by atoms with van der Waals surface area (Å²) < 4.78 is 11.1. The van der Waals surface area contributed by atoms with Crippen molar-refractivity contribution in [3.05, 3.63) is 29.3 Å². The Morgan fingerprint density at radius 3 is 2.65 bits per heavy atom. The Balaban J connectivity index is 2.29. The van der Waals surface area contributed by atoms with E-state index in [0.717, 1.165) is 0 Å². The van der Waals surface area contributed by atoms with Crippen molar-refractivity contribution in [2.24, 2.45) is 0 Å². The Hall–Kier alpha value is -2.26. The molecular formula is C17H22N2O4. The molecule has 1 aliphatic rings. The SMILES string of the molecule is CC(C)(C)OC(=O)NC1C(O)c2cc(C#N)ccc2OC1(C)C. The van der Waals surface area contributed by atoms with Crippen molar-refractivity contribution < 1.29 is 19.4 Å². The molecule has 1 aromatic rings. The summed E-state index contributed by atoms with van der Waals surface area (Å²) in [5.74, 6) is 0.503. The van der Waals surface area contributed by atoms with Crippen LogP contribution in [0, 0.1) is 11.3 Å². The van der Waals surface area contributed by atoms with Gasteiger partial charge in [0.05, 0.1) is 11.6 Å². The first-order valence-corrected chi connectivity index (χ1v) is 7.44. The summed E-state index contributed by atoms with van der Waals surface area (Å²) in [5, 5.41) is 22.3. The van der Waals surface area contributed by atoms with Gasteiger partial charge in [-0.2, -0.15) is 5.26 Å². The molecule has 0 saturated carbocycles. The van der Waals surface area contributed by atoms with Crippen molar-refractivity contribution in [3.8, 4) is 11.8 Å². The number of fused-ring (bicyclic) bond motifs is 1. The van der Waals surface area contributed by atoms with Gasteiger partial charge in [0.1, 0.15) is 29.1 Å². The number of hydrogen-bond acceptors (Lipinski definition) is 5. The van der Waals surface area contributed by atoms with Crippen LogP contribution in [0.15, 0.2) is 18.2 Å². The molecule has 6 nitrogen and oxygen atoms in total. The molecular weight excluding hydrogens is 296 g/mol. The Morgan fingerprint density at radius 2 is 2.09 bits per heavy atom. The maximum atomic E-state index is 12.0. The summed E-state index contributed by atoms with van der Waals surface area (Å²) in [5.41, 5.74) is -0.579. The lowest BCUT2D eigenvalue weighted by atomic mass is 9.85. The van der Waals surface area contributed by atoms with Crippen LogP contribution >= 0.6 is 0 Å². The number of nitrogens with zero attached hydrogens (tertiary/aromatic N) is 1. The number of nitrogens with one attached hydrogen (secondary N) is 1. The normalized spacial score (nSPS) is 22.3. The van der Waals surface area contributed by atoms with E-state index in [0.29, 0.717) is 16.9 Å². The van der Waals surface area contributed by atoms with Crippen molar-refractivity contribution in [1.82, 2.24) is 5.32 Å². The third-order valence-electron chi connectivity index (χ3n) is 3.57. The summed E-state index contributed by atoms with van der Waals surface area (Å²) in [4.78, 5) is 12.0. The molecule has 0 spiro atoms. The number of amides is 1. The monoisotopic (exact) mass is 318 g/mol. The molecule has 2 N–H and O–H groups in total. The van der Waals surface area contributed by atoms with Gasteiger partial charge in [0, 0.05) is 5.56 Å². The van der Waals surface area contributed by atoms with E-state index in [1.54, 1.807) is 52.8 Å². The largest absolute Gasteiger partial charge is 0.485 e. The van der Waals surface area contributed by atoms with E-state index in [-0.39, 0.29) is 0 Å². The zero-order chi connectivity index (χ0) is 17.4. The number of hydrogen-bond donors (Lipinski definition) is 2. The van der Waals surface area contributed by atoms with E-state index in [1.807, 2.05) is 6.07 Å². The van der Waals surface area contributed by atoms with Crippen LogP contribution in [0.2, 0.25) is 0 Å². The molecule has 0 bridgehead atoms. The average molecular weight is 318 g/mol. The van der Waals surface area contributed by atoms with Gasteiger partial charge in [-0.25, -0.2) is 4.79 Å². The van der Waals surface area contributed by atoms with Gasteiger partial charge in [-0.3, -0.25) is 0 Å². The van der Waals surface area contributed by atoms with Crippen LogP contribution in [0.3, 0.4) is 0 Å². The number of carbonyl (C=O) groups excluding carboxylic acids is 1. The molecule has 1 aromatic carbocycles. The highest BCUT2D eigenvalue weighted by atomic mass is 16.6. The van der Waals surface area contributed by atoms with E-state index >= 15 is 0 Å². The van der Waals surface area contributed by atoms with Crippen LogP contribution in [0.1, 0.15) is 51.8 Å². The predicted octanol–water partition coefficient (Wildman–Crippen LogP) is 2.66. The summed E-state index contributed by atoms with van der Waals surface area (Å²) >= 11 is 0. The minimum absolute atomic E-state index is 0.419. The van der Waals surface area contributed by atoms with Crippen LogP contribution in [-0.2, 0) is 4.74 Å². The predicted molar refractivity (Wildman–Crippen MR) is 84.0 cm³/mol. The topological polar surface area (TPSA) is 91.6 Å². The fourth-order valence-electron chi connectivity index (χ4n) is 2.54. The van der Waals surface area contributed by atoms with E-state index in [4.69, 9.17) is 14.7 Å². The molecule has 0 fully saturated rings. The highest BCUT2D eigenvalue weighted by Gasteiger charge is 2.44. The maximum absolute atomic E-state index is 12.0. The lowest BCUT2D eigenvalue weighted by Crippen LogP contribution is -2.58. The van der Waals surface area contributed by atoms with Gasteiger partial charge in [0.2, 0.25) is 0 Å². The van der Waals surface area contributed by atoms with Gasteiger partial charge in [-0.15, -0.1) is 0 Å². The quantitative estimate of drug-likeness (QED) is 0.830. The van der Waals surface area contributed by atoms with E-state index in [9.17, 15) is 9.90 Å². The maximum Gasteiger partial charge on any atom is 0.408 e. The number of carbonyl (C=O) groups is 1.